The molecule has 3 heteroatoms. The molecule has 0 radical (unpaired) electrons. The molecule has 2 fully saturated rings. The SMILES string of the molecule is COC1COCCC1NC1CC1. The minimum absolute atomic E-state index is 0.263. The van der Waals surface area contributed by atoms with Gasteiger partial charge in [-0.25, -0.2) is 0 Å². The van der Waals surface area contributed by atoms with Crippen LogP contribution in [0.4, 0.5) is 0 Å². The van der Waals surface area contributed by atoms with Gasteiger partial charge in [-0.2, -0.15) is 0 Å². The number of hydrogen-bond acceptors (Lipinski definition) is 3. The lowest BCUT2D eigenvalue weighted by molar-refractivity contribution is -0.0501. The average Bonchev–Trinajstić information content (AvgIpc) is 2.89. The first kappa shape index (κ1) is 8.48. The van der Waals surface area contributed by atoms with Crippen LogP contribution >= 0.6 is 0 Å². The highest BCUT2D eigenvalue weighted by Gasteiger charge is 2.31. The molecule has 1 N–H and O–H groups in total. The Bertz CT molecular complexity index is 147. The molecule has 1 aliphatic heterocycles. The van der Waals surface area contributed by atoms with Gasteiger partial charge in [0.25, 0.3) is 0 Å². The first-order valence-corrected chi connectivity index (χ1v) is 4.76. The fourth-order valence-corrected chi connectivity index (χ4v) is 1.69. The van der Waals surface area contributed by atoms with Crippen molar-refractivity contribution in [3.8, 4) is 0 Å². The predicted octanol–water partition coefficient (Wildman–Crippen LogP) is 0.542. The van der Waals surface area contributed by atoms with Gasteiger partial charge >= 0.3 is 0 Å². The van der Waals surface area contributed by atoms with E-state index in [1.54, 1.807) is 7.11 Å². The minimum atomic E-state index is 0.263. The zero-order valence-electron chi connectivity index (χ0n) is 7.58. The summed E-state index contributed by atoms with van der Waals surface area (Å²) in [6.45, 7) is 1.63. The topological polar surface area (TPSA) is 30.5 Å². The van der Waals surface area contributed by atoms with Gasteiger partial charge in [-0.05, 0) is 19.3 Å². The molecule has 0 amide bonds. The molecule has 0 spiro atoms. The van der Waals surface area contributed by atoms with Crippen molar-refractivity contribution in [2.24, 2.45) is 0 Å². The van der Waals surface area contributed by atoms with E-state index in [-0.39, 0.29) is 6.10 Å². The molecule has 0 aromatic carbocycles. The van der Waals surface area contributed by atoms with Crippen LogP contribution in [0.3, 0.4) is 0 Å². The standard InChI is InChI=1S/C9H17NO2/c1-11-9-6-12-5-4-8(9)10-7-2-3-7/h7-10H,2-6H2,1H3. The Hall–Kier alpha value is -0.120. The maximum Gasteiger partial charge on any atom is 0.0958 e. The minimum Gasteiger partial charge on any atom is -0.379 e. The fraction of sp³-hybridized carbons (Fsp3) is 1.00. The van der Waals surface area contributed by atoms with E-state index in [1.807, 2.05) is 0 Å². The first-order chi connectivity index (χ1) is 5.90. The van der Waals surface area contributed by atoms with Gasteiger partial charge in [-0.3, -0.25) is 0 Å². The molecule has 2 unspecified atom stereocenters. The van der Waals surface area contributed by atoms with Crippen molar-refractivity contribution in [2.45, 2.75) is 37.5 Å². The van der Waals surface area contributed by atoms with Crippen molar-refractivity contribution in [1.29, 1.82) is 0 Å². The van der Waals surface area contributed by atoms with E-state index in [2.05, 4.69) is 5.32 Å². The molecule has 0 aromatic rings. The average molecular weight is 171 g/mol. The quantitative estimate of drug-likeness (QED) is 0.672. The van der Waals surface area contributed by atoms with Gasteiger partial charge in [0.1, 0.15) is 0 Å². The molecule has 1 saturated heterocycles. The van der Waals surface area contributed by atoms with Crippen LogP contribution < -0.4 is 5.32 Å². The number of hydrogen-bond donors (Lipinski definition) is 1. The molecule has 70 valence electrons. The van der Waals surface area contributed by atoms with E-state index >= 15 is 0 Å². The third kappa shape index (κ3) is 1.97. The second-order valence-electron chi connectivity index (χ2n) is 3.69. The Morgan fingerprint density at radius 1 is 1.33 bits per heavy atom. The van der Waals surface area contributed by atoms with Gasteiger partial charge in [-0.15, -0.1) is 0 Å². The molecule has 2 atom stereocenters. The summed E-state index contributed by atoms with van der Waals surface area (Å²) < 4.78 is 10.7. The summed E-state index contributed by atoms with van der Waals surface area (Å²) in [6.07, 6.45) is 4.04. The number of nitrogens with one attached hydrogen (secondary N) is 1. The predicted molar refractivity (Wildman–Crippen MR) is 46.2 cm³/mol. The van der Waals surface area contributed by atoms with Crippen LogP contribution in [-0.2, 0) is 9.47 Å². The molecular weight excluding hydrogens is 154 g/mol. The van der Waals surface area contributed by atoms with E-state index in [0.29, 0.717) is 6.04 Å². The third-order valence-electron chi connectivity index (χ3n) is 2.63. The van der Waals surface area contributed by atoms with Crippen LogP contribution in [-0.4, -0.2) is 38.5 Å². The van der Waals surface area contributed by atoms with Crippen molar-refractivity contribution in [3.05, 3.63) is 0 Å². The Morgan fingerprint density at radius 2 is 2.17 bits per heavy atom. The van der Waals surface area contributed by atoms with Crippen molar-refractivity contribution < 1.29 is 9.47 Å². The van der Waals surface area contributed by atoms with Crippen LogP contribution in [0.2, 0.25) is 0 Å². The highest BCUT2D eigenvalue weighted by Crippen LogP contribution is 2.22. The van der Waals surface area contributed by atoms with E-state index in [1.165, 1.54) is 12.8 Å². The summed E-state index contributed by atoms with van der Waals surface area (Å²) in [5.74, 6) is 0. The Labute approximate surface area is 73.4 Å². The van der Waals surface area contributed by atoms with Gasteiger partial charge in [0.2, 0.25) is 0 Å². The molecule has 2 rings (SSSR count). The summed E-state index contributed by atoms with van der Waals surface area (Å²) in [7, 11) is 1.76. The zero-order chi connectivity index (χ0) is 8.39. The summed E-state index contributed by atoms with van der Waals surface area (Å²) in [4.78, 5) is 0. The van der Waals surface area contributed by atoms with Crippen molar-refractivity contribution in [1.82, 2.24) is 5.32 Å². The van der Waals surface area contributed by atoms with Crippen LogP contribution in [0, 0.1) is 0 Å². The van der Waals surface area contributed by atoms with Gasteiger partial charge in [0.15, 0.2) is 0 Å². The van der Waals surface area contributed by atoms with Crippen LogP contribution in [0.15, 0.2) is 0 Å². The van der Waals surface area contributed by atoms with Crippen LogP contribution in [0.1, 0.15) is 19.3 Å². The monoisotopic (exact) mass is 171 g/mol. The highest BCUT2D eigenvalue weighted by atomic mass is 16.5. The third-order valence-corrected chi connectivity index (χ3v) is 2.63. The Kier molecular flexibility index (Phi) is 2.63. The molecule has 1 aliphatic carbocycles. The van der Waals surface area contributed by atoms with E-state index < -0.39 is 0 Å². The summed E-state index contributed by atoms with van der Waals surface area (Å²) in [6, 6.07) is 1.29. The van der Waals surface area contributed by atoms with Gasteiger partial charge in [0, 0.05) is 25.8 Å². The van der Waals surface area contributed by atoms with Crippen molar-refractivity contribution >= 4 is 0 Å². The van der Waals surface area contributed by atoms with E-state index in [4.69, 9.17) is 9.47 Å². The van der Waals surface area contributed by atoms with E-state index in [9.17, 15) is 0 Å². The molecule has 1 heterocycles. The normalized spacial score (nSPS) is 36.8. The maximum atomic E-state index is 5.34. The molecule has 12 heavy (non-hydrogen) atoms. The number of methoxy groups -OCH3 is 1. The molecule has 0 bridgehead atoms. The summed E-state index contributed by atoms with van der Waals surface area (Å²) >= 11 is 0. The summed E-state index contributed by atoms with van der Waals surface area (Å²) in [5, 5.41) is 3.59. The molecular formula is C9H17NO2. The first-order valence-electron chi connectivity index (χ1n) is 4.76. The smallest absolute Gasteiger partial charge is 0.0958 e. The maximum absolute atomic E-state index is 5.34. The van der Waals surface area contributed by atoms with Crippen molar-refractivity contribution in [2.75, 3.05) is 20.3 Å². The fourth-order valence-electron chi connectivity index (χ4n) is 1.69. The van der Waals surface area contributed by atoms with Crippen LogP contribution in [0.5, 0.6) is 0 Å². The molecule has 3 nitrogen and oxygen atoms in total. The molecule has 2 aliphatic rings. The lowest BCUT2D eigenvalue weighted by Crippen LogP contribution is -2.48. The Morgan fingerprint density at radius 3 is 2.83 bits per heavy atom. The summed E-state index contributed by atoms with van der Waals surface area (Å²) in [5.41, 5.74) is 0. The van der Waals surface area contributed by atoms with Gasteiger partial charge < -0.3 is 14.8 Å². The Balaban J connectivity index is 1.81. The second kappa shape index (κ2) is 3.73. The van der Waals surface area contributed by atoms with Crippen molar-refractivity contribution in [3.63, 3.8) is 0 Å². The molecule has 0 aromatic heterocycles. The lowest BCUT2D eigenvalue weighted by atomic mass is 10.1. The lowest BCUT2D eigenvalue weighted by Gasteiger charge is -2.31. The zero-order valence-corrected chi connectivity index (χ0v) is 7.58. The van der Waals surface area contributed by atoms with Gasteiger partial charge in [0.05, 0.1) is 12.7 Å². The largest absolute Gasteiger partial charge is 0.379 e. The molecule has 1 saturated carbocycles. The number of rotatable bonds is 3. The van der Waals surface area contributed by atoms with E-state index in [0.717, 1.165) is 25.7 Å². The highest BCUT2D eigenvalue weighted by molar-refractivity contribution is 4.89. The van der Waals surface area contributed by atoms with Crippen LogP contribution in [0.25, 0.3) is 0 Å². The second-order valence-corrected chi connectivity index (χ2v) is 3.69. The van der Waals surface area contributed by atoms with Gasteiger partial charge in [-0.1, -0.05) is 0 Å². The number of ether oxygens (including phenoxy) is 2.